The molecular formula is C16H23FN4O. The summed E-state index contributed by atoms with van der Waals surface area (Å²) in [6.07, 6.45) is 0.720. The van der Waals surface area contributed by atoms with Gasteiger partial charge in [-0.1, -0.05) is 0 Å². The van der Waals surface area contributed by atoms with Crippen LogP contribution in [-0.4, -0.2) is 29.2 Å². The summed E-state index contributed by atoms with van der Waals surface area (Å²) in [5.74, 6) is -0.368. The van der Waals surface area contributed by atoms with Crippen LogP contribution in [0.3, 0.4) is 0 Å². The summed E-state index contributed by atoms with van der Waals surface area (Å²) < 4.78 is 14.6. The van der Waals surface area contributed by atoms with Gasteiger partial charge in [-0.15, -0.1) is 0 Å². The molecule has 0 spiro atoms. The number of aromatic nitrogens is 1. The molecule has 2 aromatic rings. The number of piperidine rings is 1. The molecule has 1 aliphatic rings. The summed E-state index contributed by atoms with van der Waals surface area (Å²) >= 11 is 0. The number of aliphatic hydroxyl groups excluding tert-OH is 1. The fourth-order valence-electron chi connectivity index (χ4n) is 3.19. The molecule has 1 aromatic heterocycles. The molecule has 1 fully saturated rings. The van der Waals surface area contributed by atoms with Crippen LogP contribution in [0.15, 0.2) is 6.07 Å². The average Bonchev–Trinajstić information content (AvgIpc) is 2.78. The normalized spacial score (nSPS) is 17.9. The molecule has 120 valence electrons. The second kappa shape index (κ2) is 5.87. The van der Waals surface area contributed by atoms with E-state index in [1.807, 2.05) is 13.8 Å². The van der Waals surface area contributed by atoms with E-state index in [0.717, 1.165) is 42.6 Å². The molecule has 0 aliphatic carbocycles. The zero-order chi connectivity index (χ0) is 15.9. The van der Waals surface area contributed by atoms with Gasteiger partial charge in [0.2, 0.25) is 0 Å². The van der Waals surface area contributed by atoms with Crippen molar-refractivity contribution in [2.45, 2.75) is 39.0 Å². The van der Waals surface area contributed by atoms with Gasteiger partial charge in [0.1, 0.15) is 12.0 Å². The van der Waals surface area contributed by atoms with E-state index < -0.39 is 6.23 Å². The molecule has 1 aliphatic heterocycles. The molecule has 0 radical (unpaired) electrons. The van der Waals surface area contributed by atoms with E-state index >= 15 is 0 Å². The Kier molecular flexibility index (Phi) is 4.08. The van der Waals surface area contributed by atoms with Gasteiger partial charge in [0, 0.05) is 22.7 Å². The minimum atomic E-state index is -1.21. The van der Waals surface area contributed by atoms with E-state index in [-0.39, 0.29) is 11.9 Å². The van der Waals surface area contributed by atoms with Crippen LogP contribution in [0.5, 0.6) is 0 Å². The van der Waals surface area contributed by atoms with Crippen molar-refractivity contribution in [1.82, 2.24) is 10.3 Å². The van der Waals surface area contributed by atoms with E-state index in [1.165, 1.54) is 6.07 Å². The summed E-state index contributed by atoms with van der Waals surface area (Å²) in [7, 11) is 0. The van der Waals surface area contributed by atoms with Crippen LogP contribution in [0.25, 0.3) is 10.9 Å². The van der Waals surface area contributed by atoms with E-state index in [4.69, 9.17) is 5.73 Å². The Hall–Kier alpha value is -1.63. The van der Waals surface area contributed by atoms with Gasteiger partial charge in [-0.25, -0.2) is 4.39 Å². The number of H-pyrrole nitrogens is 1. The molecule has 0 saturated carbocycles. The second-order valence-electron chi connectivity index (χ2n) is 6.06. The van der Waals surface area contributed by atoms with E-state index in [2.05, 4.69) is 15.6 Å². The standard InChI is InChI=1S/C16H23FN4O/c1-8-9(2)20-14-11(16(18)22)7-12(17)15(13(8)14)21-10-3-5-19-6-4-10/h7,10,16,19-22H,3-6,18H2,1-2H3. The Bertz CT molecular complexity index is 689. The average molecular weight is 306 g/mol. The van der Waals surface area contributed by atoms with Crippen molar-refractivity contribution in [2.24, 2.45) is 5.73 Å². The van der Waals surface area contributed by atoms with Gasteiger partial charge in [-0.3, -0.25) is 0 Å². The topological polar surface area (TPSA) is 86.1 Å². The van der Waals surface area contributed by atoms with Gasteiger partial charge in [-0.05, 0) is 51.4 Å². The summed E-state index contributed by atoms with van der Waals surface area (Å²) in [5.41, 5.74) is 9.12. The van der Waals surface area contributed by atoms with Gasteiger partial charge in [0.05, 0.1) is 11.2 Å². The first-order chi connectivity index (χ1) is 10.5. The van der Waals surface area contributed by atoms with E-state index in [0.29, 0.717) is 16.8 Å². The molecule has 1 atom stereocenters. The molecule has 2 heterocycles. The van der Waals surface area contributed by atoms with Crippen LogP contribution in [-0.2, 0) is 0 Å². The van der Waals surface area contributed by atoms with Crippen molar-refractivity contribution in [3.63, 3.8) is 0 Å². The molecule has 1 aromatic carbocycles. The van der Waals surface area contributed by atoms with Crippen LogP contribution in [0, 0.1) is 19.7 Å². The lowest BCUT2D eigenvalue weighted by atomic mass is 10.0. The summed E-state index contributed by atoms with van der Waals surface area (Å²) in [4.78, 5) is 3.22. The fraction of sp³-hybridized carbons (Fsp3) is 0.500. The van der Waals surface area contributed by atoms with Crippen LogP contribution < -0.4 is 16.4 Å². The number of anilines is 1. The number of nitrogens with two attached hydrogens (primary N) is 1. The summed E-state index contributed by atoms with van der Waals surface area (Å²) in [6.45, 7) is 5.77. The molecule has 1 saturated heterocycles. The lowest BCUT2D eigenvalue weighted by Crippen LogP contribution is -2.35. The highest BCUT2D eigenvalue weighted by atomic mass is 19.1. The lowest BCUT2D eigenvalue weighted by Gasteiger charge is -2.26. The number of halogens is 1. The third kappa shape index (κ3) is 2.58. The zero-order valence-corrected chi connectivity index (χ0v) is 13.0. The molecule has 0 bridgehead atoms. The Labute approximate surface area is 129 Å². The van der Waals surface area contributed by atoms with Crippen LogP contribution in [0.2, 0.25) is 0 Å². The monoisotopic (exact) mass is 306 g/mol. The van der Waals surface area contributed by atoms with Crippen molar-refractivity contribution in [1.29, 1.82) is 0 Å². The minimum absolute atomic E-state index is 0.252. The highest BCUT2D eigenvalue weighted by molar-refractivity contribution is 5.98. The van der Waals surface area contributed by atoms with Crippen LogP contribution in [0.4, 0.5) is 10.1 Å². The van der Waals surface area contributed by atoms with Gasteiger partial charge < -0.3 is 26.5 Å². The fourth-order valence-corrected chi connectivity index (χ4v) is 3.19. The van der Waals surface area contributed by atoms with Crippen molar-refractivity contribution >= 4 is 16.6 Å². The first kappa shape index (κ1) is 15.3. The predicted octanol–water partition coefficient (Wildman–Crippen LogP) is 2.04. The smallest absolute Gasteiger partial charge is 0.147 e. The molecule has 0 amide bonds. The molecule has 1 unspecified atom stereocenters. The zero-order valence-electron chi connectivity index (χ0n) is 13.0. The van der Waals surface area contributed by atoms with Gasteiger partial charge in [-0.2, -0.15) is 0 Å². The molecule has 5 nitrogen and oxygen atoms in total. The first-order valence-corrected chi connectivity index (χ1v) is 7.71. The van der Waals surface area contributed by atoms with Crippen molar-refractivity contribution < 1.29 is 9.50 Å². The molecule has 6 heteroatoms. The maximum Gasteiger partial charge on any atom is 0.147 e. The maximum atomic E-state index is 14.6. The molecule has 6 N–H and O–H groups in total. The lowest BCUT2D eigenvalue weighted by molar-refractivity contribution is 0.187. The number of aryl methyl sites for hydroxylation is 2. The third-order valence-corrected chi connectivity index (χ3v) is 4.57. The molecular weight excluding hydrogens is 283 g/mol. The predicted molar refractivity (Wildman–Crippen MR) is 86.4 cm³/mol. The number of nitrogens with one attached hydrogen (secondary N) is 3. The second-order valence-corrected chi connectivity index (χ2v) is 6.06. The van der Waals surface area contributed by atoms with Gasteiger partial charge >= 0.3 is 0 Å². The van der Waals surface area contributed by atoms with Gasteiger partial charge in [0.25, 0.3) is 0 Å². The molecule has 22 heavy (non-hydrogen) atoms. The van der Waals surface area contributed by atoms with Crippen LogP contribution in [0.1, 0.15) is 35.9 Å². The quantitative estimate of drug-likeness (QED) is 0.562. The summed E-state index contributed by atoms with van der Waals surface area (Å²) in [5, 5.41) is 17.2. The molecule has 3 rings (SSSR count). The highest BCUT2D eigenvalue weighted by Crippen LogP contribution is 2.36. The highest BCUT2D eigenvalue weighted by Gasteiger charge is 2.22. The Morgan fingerprint density at radius 3 is 2.68 bits per heavy atom. The number of aliphatic hydroxyl groups is 1. The van der Waals surface area contributed by atoms with Crippen molar-refractivity contribution in [2.75, 3.05) is 18.4 Å². The Morgan fingerprint density at radius 2 is 2.05 bits per heavy atom. The van der Waals surface area contributed by atoms with E-state index in [1.54, 1.807) is 0 Å². The Balaban J connectivity index is 2.12. The largest absolute Gasteiger partial charge is 0.379 e. The third-order valence-electron chi connectivity index (χ3n) is 4.57. The number of rotatable bonds is 3. The Morgan fingerprint density at radius 1 is 1.36 bits per heavy atom. The first-order valence-electron chi connectivity index (χ1n) is 7.71. The number of aromatic amines is 1. The van der Waals surface area contributed by atoms with Gasteiger partial charge in [0.15, 0.2) is 0 Å². The van der Waals surface area contributed by atoms with Crippen molar-refractivity contribution in [3.05, 3.63) is 28.7 Å². The minimum Gasteiger partial charge on any atom is -0.379 e. The summed E-state index contributed by atoms with van der Waals surface area (Å²) in [6, 6.07) is 1.58. The number of hydrogen-bond acceptors (Lipinski definition) is 4. The van der Waals surface area contributed by atoms with Crippen molar-refractivity contribution in [3.8, 4) is 0 Å². The number of fused-ring (bicyclic) bond motifs is 1. The number of hydrogen-bond donors (Lipinski definition) is 5. The van der Waals surface area contributed by atoms with Crippen LogP contribution >= 0.6 is 0 Å². The maximum absolute atomic E-state index is 14.6. The number of benzene rings is 1. The van der Waals surface area contributed by atoms with E-state index in [9.17, 15) is 9.50 Å². The SMILES string of the molecule is Cc1[nH]c2c(C(N)O)cc(F)c(NC3CCNCC3)c2c1C.